The lowest BCUT2D eigenvalue weighted by Crippen LogP contribution is -2.17. The zero-order valence-electron chi connectivity index (χ0n) is 15.3. The average Bonchev–Trinajstić information content (AvgIpc) is 2.70. The van der Waals surface area contributed by atoms with Crippen LogP contribution in [-0.2, 0) is 6.42 Å². The number of anilines is 4. The van der Waals surface area contributed by atoms with Gasteiger partial charge in [-0.25, -0.2) is 4.98 Å². The summed E-state index contributed by atoms with van der Waals surface area (Å²) in [5.74, 6) is 1.77. The van der Waals surface area contributed by atoms with Gasteiger partial charge in [-0.1, -0.05) is 11.6 Å². The van der Waals surface area contributed by atoms with Crippen LogP contribution < -0.4 is 15.4 Å². The molecule has 0 atom stereocenters. The molecule has 0 fully saturated rings. The van der Waals surface area contributed by atoms with Crippen molar-refractivity contribution in [3.05, 3.63) is 64.8 Å². The van der Waals surface area contributed by atoms with E-state index in [-0.39, 0.29) is 5.78 Å². The highest BCUT2D eigenvalue weighted by atomic mass is 35.5. The number of Topliss-reactive ketones (excluding diaryl/α,β-unsaturated/α-hetero) is 1. The number of hydrogen-bond donors (Lipinski definition) is 2. The van der Waals surface area contributed by atoms with Gasteiger partial charge < -0.3 is 15.4 Å². The second-order valence-corrected chi connectivity index (χ2v) is 6.92. The predicted molar refractivity (Wildman–Crippen MR) is 110 cm³/mol. The number of benzene rings is 2. The number of ether oxygens (including phenoxy) is 1. The first-order valence-electron chi connectivity index (χ1n) is 9.00. The van der Waals surface area contributed by atoms with Crippen LogP contribution in [0.1, 0.15) is 28.9 Å². The number of aryl methyl sites for hydroxylation is 1. The molecule has 7 heteroatoms. The first kappa shape index (κ1) is 18.3. The number of halogens is 1. The fourth-order valence-corrected chi connectivity index (χ4v) is 3.27. The van der Waals surface area contributed by atoms with E-state index >= 15 is 0 Å². The molecular formula is C21H19ClN4O2. The molecule has 3 aromatic rings. The predicted octanol–water partition coefficient (Wildman–Crippen LogP) is 5.14. The Balaban J connectivity index is 1.69. The number of ketones is 1. The van der Waals surface area contributed by atoms with Crippen molar-refractivity contribution in [1.29, 1.82) is 0 Å². The van der Waals surface area contributed by atoms with Crippen LogP contribution in [0.5, 0.6) is 5.75 Å². The summed E-state index contributed by atoms with van der Waals surface area (Å²) in [5.41, 5.74) is 2.97. The van der Waals surface area contributed by atoms with Gasteiger partial charge in [-0.2, -0.15) is 4.98 Å². The molecular weight excluding hydrogens is 376 g/mol. The SMILES string of the molecule is COc1ccc(Nc2nc(Nc3ccc(Cl)cc3)nc3c2C(=O)CCC3)cc1. The van der Waals surface area contributed by atoms with E-state index in [0.29, 0.717) is 28.8 Å². The molecule has 142 valence electrons. The summed E-state index contributed by atoms with van der Waals surface area (Å²) >= 11 is 5.95. The van der Waals surface area contributed by atoms with E-state index in [1.165, 1.54) is 0 Å². The van der Waals surface area contributed by atoms with Crippen LogP contribution in [0.4, 0.5) is 23.1 Å². The molecule has 1 aliphatic carbocycles. The third-order valence-corrected chi connectivity index (χ3v) is 4.79. The molecule has 1 heterocycles. The summed E-state index contributed by atoms with van der Waals surface area (Å²) < 4.78 is 5.19. The molecule has 0 spiro atoms. The third kappa shape index (κ3) is 3.92. The number of nitrogens with zero attached hydrogens (tertiary/aromatic N) is 2. The highest BCUT2D eigenvalue weighted by Crippen LogP contribution is 2.30. The Bertz CT molecular complexity index is 1000. The van der Waals surface area contributed by atoms with Crippen LogP contribution in [0.3, 0.4) is 0 Å². The number of methoxy groups -OCH3 is 1. The van der Waals surface area contributed by atoms with Gasteiger partial charge in [-0.15, -0.1) is 0 Å². The second-order valence-electron chi connectivity index (χ2n) is 6.48. The molecule has 4 rings (SSSR count). The molecule has 0 aliphatic heterocycles. The van der Waals surface area contributed by atoms with Gasteiger partial charge in [-0.05, 0) is 61.4 Å². The number of aromatic nitrogens is 2. The molecule has 2 aromatic carbocycles. The summed E-state index contributed by atoms with van der Waals surface area (Å²) in [7, 11) is 1.62. The number of nitrogens with one attached hydrogen (secondary N) is 2. The minimum atomic E-state index is 0.0651. The van der Waals surface area contributed by atoms with Crippen LogP contribution in [0.15, 0.2) is 48.5 Å². The summed E-state index contributed by atoms with van der Waals surface area (Å²) in [4.78, 5) is 21.7. The van der Waals surface area contributed by atoms with E-state index in [2.05, 4.69) is 20.6 Å². The van der Waals surface area contributed by atoms with Gasteiger partial charge >= 0.3 is 0 Å². The molecule has 28 heavy (non-hydrogen) atoms. The third-order valence-electron chi connectivity index (χ3n) is 4.53. The largest absolute Gasteiger partial charge is 0.497 e. The lowest BCUT2D eigenvalue weighted by atomic mass is 9.95. The lowest BCUT2D eigenvalue weighted by molar-refractivity contribution is 0.0972. The summed E-state index contributed by atoms with van der Waals surface area (Å²) in [5, 5.41) is 7.11. The van der Waals surface area contributed by atoms with Gasteiger partial charge in [0.05, 0.1) is 18.4 Å². The van der Waals surface area contributed by atoms with Crippen molar-refractivity contribution in [2.24, 2.45) is 0 Å². The molecule has 0 saturated carbocycles. The monoisotopic (exact) mass is 394 g/mol. The Kier molecular flexibility index (Phi) is 5.12. The quantitative estimate of drug-likeness (QED) is 0.623. The maximum Gasteiger partial charge on any atom is 0.229 e. The van der Waals surface area contributed by atoms with Crippen molar-refractivity contribution in [1.82, 2.24) is 9.97 Å². The number of hydrogen-bond acceptors (Lipinski definition) is 6. The van der Waals surface area contributed by atoms with E-state index < -0.39 is 0 Å². The van der Waals surface area contributed by atoms with Crippen LogP contribution >= 0.6 is 11.6 Å². The average molecular weight is 395 g/mol. The Morgan fingerprint density at radius 1 is 0.929 bits per heavy atom. The van der Waals surface area contributed by atoms with Gasteiger partial charge in [0.25, 0.3) is 0 Å². The van der Waals surface area contributed by atoms with Gasteiger partial charge in [0, 0.05) is 22.8 Å². The van der Waals surface area contributed by atoms with E-state index in [9.17, 15) is 4.79 Å². The standard InChI is InChI=1S/C21H19ClN4O2/c1-28-16-11-9-14(10-12-16)23-20-19-17(3-2-4-18(19)27)25-21(26-20)24-15-7-5-13(22)6-8-15/h5-12H,2-4H2,1H3,(H2,23,24,25,26). The minimum absolute atomic E-state index is 0.0651. The highest BCUT2D eigenvalue weighted by molar-refractivity contribution is 6.30. The van der Waals surface area contributed by atoms with Crippen LogP contribution in [0, 0.1) is 0 Å². The second kappa shape index (κ2) is 7.86. The van der Waals surface area contributed by atoms with Gasteiger partial charge in [0.15, 0.2) is 5.78 Å². The lowest BCUT2D eigenvalue weighted by Gasteiger charge is -2.19. The van der Waals surface area contributed by atoms with Crippen molar-refractivity contribution in [3.63, 3.8) is 0 Å². The van der Waals surface area contributed by atoms with Gasteiger partial charge in [-0.3, -0.25) is 4.79 Å². The molecule has 0 bridgehead atoms. The number of rotatable bonds is 5. The molecule has 0 radical (unpaired) electrons. The van der Waals surface area contributed by atoms with E-state index in [0.717, 1.165) is 35.7 Å². The Hall–Kier alpha value is -3.12. The number of fused-ring (bicyclic) bond motifs is 1. The Morgan fingerprint density at radius 3 is 2.32 bits per heavy atom. The normalized spacial score (nSPS) is 13.0. The van der Waals surface area contributed by atoms with E-state index in [1.807, 2.05) is 36.4 Å². The first-order chi connectivity index (χ1) is 13.6. The van der Waals surface area contributed by atoms with Gasteiger partial charge in [0.1, 0.15) is 11.6 Å². The van der Waals surface area contributed by atoms with Crippen LogP contribution in [-0.4, -0.2) is 22.9 Å². The minimum Gasteiger partial charge on any atom is -0.497 e. The number of carbonyl (C=O) groups excluding carboxylic acids is 1. The van der Waals surface area contributed by atoms with E-state index in [4.69, 9.17) is 16.3 Å². The summed E-state index contributed by atoms with van der Waals surface area (Å²) in [6, 6.07) is 14.8. The molecule has 1 aliphatic rings. The van der Waals surface area contributed by atoms with Crippen molar-refractivity contribution in [3.8, 4) is 5.75 Å². The van der Waals surface area contributed by atoms with Gasteiger partial charge in [0.2, 0.25) is 5.95 Å². The van der Waals surface area contributed by atoms with Crippen molar-refractivity contribution in [2.45, 2.75) is 19.3 Å². The first-order valence-corrected chi connectivity index (χ1v) is 9.38. The fraction of sp³-hybridized carbons (Fsp3) is 0.190. The van der Waals surface area contributed by atoms with Crippen molar-refractivity contribution in [2.75, 3.05) is 17.7 Å². The molecule has 6 nitrogen and oxygen atoms in total. The fourth-order valence-electron chi connectivity index (χ4n) is 3.14. The zero-order valence-corrected chi connectivity index (χ0v) is 16.1. The molecule has 2 N–H and O–H groups in total. The maximum absolute atomic E-state index is 12.5. The molecule has 0 unspecified atom stereocenters. The summed E-state index contributed by atoms with van der Waals surface area (Å²) in [6.07, 6.45) is 2.05. The van der Waals surface area contributed by atoms with Crippen molar-refractivity contribution >= 4 is 40.5 Å². The molecule has 0 saturated heterocycles. The summed E-state index contributed by atoms with van der Waals surface area (Å²) in [6.45, 7) is 0. The maximum atomic E-state index is 12.5. The van der Waals surface area contributed by atoms with Crippen LogP contribution in [0.25, 0.3) is 0 Å². The Morgan fingerprint density at radius 2 is 1.61 bits per heavy atom. The highest BCUT2D eigenvalue weighted by Gasteiger charge is 2.24. The molecule has 0 amide bonds. The van der Waals surface area contributed by atoms with Crippen molar-refractivity contribution < 1.29 is 9.53 Å². The zero-order chi connectivity index (χ0) is 19.5. The van der Waals surface area contributed by atoms with E-state index in [1.54, 1.807) is 19.2 Å². The Labute approximate surface area is 167 Å². The van der Waals surface area contributed by atoms with Crippen LogP contribution in [0.2, 0.25) is 5.02 Å². The smallest absolute Gasteiger partial charge is 0.229 e. The topological polar surface area (TPSA) is 76.1 Å². The number of carbonyl (C=O) groups is 1. The molecule has 1 aromatic heterocycles.